The number of hydrogen-bond acceptors (Lipinski definition) is 2. The van der Waals surface area contributed by atoms with Gasteiger partial charge in [0.2, 0.25) is 0 Å². The topological polar surface area (TPSA) is 54.4 Å². The summed E-state index contributed by atoms with van der Waals surface area (Å²) in [7, 11) is -4.43. The number of hydrogen-bond donors (Lipinski definition) is 1. The molecule has 0 aliphatic rings. The molecule has 0 amide bonds. The van der Waals surface area contributed by atoms with E-state index in [0.29, 0.717) is 6.07 Å². The van der Waals surface area contributed by atoms with E-state index < -0.39 is 39.2 Å². The molecule has 0 aromatic heterocycles. The molecule has 0 heterocycles. The summed E-state index contributed by atoms with van der Waals surface area (Å²) in [4.78, 5) is 0. The quantitative estimate of drug-likeness (QED) is 0.823. The fourth-order valence-corrected chi connectivity index (χ4v) is 1.65. The van der Waals surface area contributed by atoms with Gasteiger partial charge >= 0.3 is 0 Å². The van der Waals surface area contributed by atoms with Crippen LogP contribution in [0.5, 0.6) is 0 Å². The first kappa shape index (κ1) is 12.0. The van der Waals surface area contributed by atoms with E-state index in [9.17, 15) is 21.6 Å². The molecule has 0 saturated heterocycles. The monoisotopic (exact) mass is 240 g/mol. The van der Waals surface area contributed by atoms with E-state index in [2.05, 4.69) is 0 Å². The van der Waals surface area contributed by atoms with E-state index >= 15 is 0 Å². The Labute approximate surface area is 84.3 Å². The molecule has 0 spiro atoms. The standard InChI is InChI=1S/C8H7F3O3S/c9-7-2-1-5(8(10)11)3-6(7)4-15(12,13)14/h1-3,8H,4H2,(H,12,13,14). The van der Waals surface area contributed by atoms with Gasteiger partial charge in [-0.3, -0.25) is 4.55 Å². The van der Waals surface area contributed by atoms with Gasteiger partial charge < -0.3 is 0 Å². The van der Waals surface area contributed by atoms with Crippen LogP contribution >= 0.6 is 0 Å². The van der Waals surface area contributed by atoms with Crippen LogP contribution in [0.15, 0.2) is 18.2 Å². The van der Waals surface area contributed by atoms with Crippen molar-refractivity contribution in [3.63, 3.8) is 0 Å². The third-order valence-electron chi connectivity index (χ3n) is 1.66. The molecule has 1 aromatic carbocycles. The van der Waals surface area contributed by atoms with Gasteiger partial charge in [0.05, 0.1) is 0 Å². The highest BCUT2D eigenvalue weighted by Gasteiger charge is 2.15. The van der Waals surface area contributed by atoms with Crippen molar-refractivity contribution in [2.75, 3.05) is 0 Å². The minimum Gasteiger partial charge on any atom is -0.285 e. The third-order valence-corrected chi connectivity index (χ3v) is 2.34. The Morgan fingerprint density at radius 3 is 2.40 bits per heavy atom. The average Bonchev–Trinajstić information content (AvgIpc) is 2.06. The first-order valence-electron chi connectivity index (χ1n) is 3.81. The second kappa shape index (κ2) is 4.19. The molecule has 0 radical (unpaired) electrons. The molecule has 1 aromatic rings. The first-order valence-corrected chi connectivity index (χ1v) is 5.42. The maximum Gasteiger partial charge on any atom is 0.269 e. The Morgan fingerprint density at radius 2 is 1.93 bits per heavy atom. The normalized spacial score (nSPS) is 12.1. The Kier molecular flexibility index (Phi) is 3.35. The second-order valence-corrected chi connectivity index (χ2v) is 4.33. The van der Waals surface area contributed by atoms with Crippen LogP contribution < -0.4 is 0 Å². The molecule has 0 fully saturated rings. The molecule has 15 heavy (non-hydrogen) atoms. The third kappa shape index (κ3) is 3.52. The predicted molar refractivity (Wildman–Crippen MR) is 46.6 cm³/mol. The molecule has 0 bridgehead atoms. The van der Waals surface area contributed by atoms with Crippen molar-refractivity contribution >= 4 is 10.1 Å². The number of alkyl halides is 2. The van der Waals surface area contributed by atoms with Gasteiger partial charge in [-0.25, -0.2) is 13.2 Å². The molecule has 84 valence electrons. The van der Waals surface area contributed by atoms with Gasteiger partial charge in [-0.1, -0.05) is 6.07 Å². The molecule has 0 unspecified atom stereocenters. The van der Waals surface area contributed by atoms with Crippen molar-refractivity contribution in [1.82, 2.24) is 0 Å². The van der Waals surface area contributed by atoms with Crippen molar-refractivity contribution in [1.29, 1.82) is 0 Å². The molecule has 1 rings (SSSR count). The lowest BCUT2D eigenvalue weighted by Crippen LogP contribution is -2.04. The molecule has 0 aliphatic heterocycles. The molecule has 0 atom stereocenters. The number of rotatable bonds is 3. The number of halogens is 3. The van der Waals surface area contributed by atoms with E-state index in [1.165, 1.54) is 0 Å². The zero-order chi connectivity index (χ0) is 11.6. The van der Waals surface area contributed by atoms with E-state index in [4.69, 9.17) is 4.55 Å². The zero-order valence-electron chi connectivity index (χ0n) is 7.32. The summed E-state index contributed by atoms with van der Waals surface area (Å²) >= 11 is 0. The summed E-state index contributed by atoms with van der Waals surface area (Å²) in [6, 6.07) is 2.31. The zero-order valence-corrected chi connectivity index (χ0v) is 8.14. The molecule has 1 N–H and O–H groups in total. The van der Waals surface area contributed by atoms with Crippen LogP contribution in [0, 0.1) is 5.82 Å². The lowest BCUT2D eigenvalue weighted by Gasteiger charge is -2.04. The SMILES string of the molecule is O=S(=O)(O)Cc1cc(C(F)F)ccc1F. The highest BCUT2D eigenvalue weighted by Crippen LogP contribution is 2.22. The maximum atomic E-state index is 12.9. The Bertz CT molecular complexity index is 456. The van der Waals surface area contributed by atoms with Crippen LogP contribution in [0.2, 0.25) is 0 Å². The molecular formula is C8H7F3O3S. The minimum absolute atomic E-state index is 0.477. The van der Waals surface area contributed by atoms with Crippen LogP contribution in [0.3, 0.4) is 0 Å². The van der Waals surface area contributed by atoms with E-state index in [0.717, 1.165) is 12.1 Å². The summed E-state index contributed by atoms with van der Waals surface area (Å²) in [5, 5.41) is 0. The fourth-order valence-electron chi connectivity index (χ4n) is 1.04. The molecule has 0 saturated carbocycles. The van der Waals surface area contributed by atoms with Gasteiger partial charge in [0.15, 0.2) is 0 Å². The minimum atomic E-state index is -4.43. The lowest BCUT2D eigenvalue weighted by atomic mass is 10.1. The summed E-state index contributed by atoms with van der Waals surface area (Å²) in [6.07, 6.45) is -2.81. The number of benzene rings is 1. The Balaban J connectivity index is 3.11. The summed E-state index contributed by atoms with van der Waals surface area (Å²) in [6.45, 7) is 0. The Hall–Kier alpha value is -1.08. The van der Waals surface area contributed by atoms with Gasteiger partial charge in [0, 0.05) is 11.1 Å². The van der Waals surface area contributed by atoms with Crippen molar-refractivity contribution in [3.8, 4) is 0 Å². The van der Waals surface area contributed by atoms with Gasteiger partial charge in [0.1, 0.15) is 11.6 Å². The van der Waals surface area contributed by atoms with Gasteiger partial charge in [-0.05, 0) is 12.1 Å². The molecule has 0 aliphatic carbocycles. The van der Waals surface area contributed by atoms with E-state index in [-0.39, 0.29) is 0 Å². The average molecular weight is 240 g/mol. The second-order valence-electron chi connectivity index (χ2n) is 2.88. The van der Waals surface area contributed by atoms with Crippen LogP contribution in [0.4, 0.5) is 13.2 Å². The van der Waals surface area contributed by atoms with Crippen LogP contribution in [0.1, 0.15) is 17.6 Å². The molecule has 3 nitrogen and oxygen atoms in total. The lowest BCUT2D eigenvalue weighted by molar-refractivity contribution is 0.151. The summed E-state index contributed by atoms with van der Waals surface area (Å²) in [5.74, 6) is -1.96. The van der Waals surface area contributed by atoms with Crippen LogP contribution in [-0.2, 0) is 15.9 Å². The molecular weight excluding hydrogens is 233 g/mol. The van der Waals surface area contributed by atoms with Crippen LogP contribution in [0.25, 0.3) is 0 Å². The van der Waals surface area contributed by atoms with Crippen molar-refractivity contribution in [2.24, 2.45) is 0 Å². The van der Waals surface area contributed by atoms with E-state index in [1.54, 1.807) is 0 Å². The van der Waals surface area contributed by atoms with Gasteiger partial charge in [0.25, 0.3) is 16.5 Å². The highest BCUT2D eigenvalue weighted by atomic mass is 32.2. The largest absolute Gasteiger partial charge is 0.285 e. The van der Waals surface area contributed by atoms with E-state index in [1.807, 2.05) is 0 Å². The van der Waals surface area contributed by atoms with Crippen molar-refractivity contribution < 1.29 is 26.1 Å². The fraction of sp³-hybridized carbons (Fsp3) is 0.250. The van der Waals surface area contributed by atoms with Crippen molar-refractivity contribution in [3.05, 3.63) is 35.1 Å². The van der Waals surface area contributed by atoms with Crippen molar-refractivity contribution in [2.45, 2.75) is 12.2 Å². The first-order chi connectivity index (χ1) is 6.79. The summed E-state index contributed by atoms with van der Waals surface area (Å²) in [5.41, 5.74) is -0.967. The van der Waals surface area contributed by atoms with Gasteiger partial charge in [-0.2, -0.15) is 8.42 Å². The van der Waals surface area contributed by atoms with Gasteiger partial charge in [-0.15, -0.1) is 0 Å². The smallest absolute Gasteiger partial charge is 0.269 e. The maximum absolute atomic E-state index is 12.9. The van der Waals surface area contributed by atoms with Crippen LogP contribution in [-0.4, -0.2) is 13.0 Å². The predicted octanol–water partition coefficient (Wildman–Crippen LogP) is 2.15. The highest BCUT2D eigenvalue weighted by molar-refractivity contribution is 7.85. The summed E-state index contributed by atoms with van der Waals surface area (Å²) < 4.78 is 66.6. The molecule has 7 heteroatoms. The Morgan fingerprint density at radius 1 is 1.33 bits per heavy atom.